The molecule has 114 valence electrons. The first-order chi connectivity index (χ1) is 9.82. The molecule has 1 amide bonds. The van der Waals surface area contributed by atoms with Crippen LogP contribution in [0.15, 0.2) is 18.2 Å². The molecule has 21 heavy (non-hydrogen) atoms. The Labute approximate surface area is 121 Å². The summed E-state index contributed by atoms with van der Waals surface area (Å²) >= 11 is 0. The van der Waals surface area contributed by atoms with Crippen LogP contribution in [-0.4, -0.2) is 29.9 Å². The van der Waals surface area contributed by atoms with Crippen molar-refractivity contribution >= 4 is 5.91 Å². The molecular formula is C15H17F3N2O. The number of carbonyl (C=O) groups excluding carboxylic acids is 1. The number of benzene rings is 1. The van der Waals surface area contributed by atoms with Gasteiger partial charge in [0.25, 0.3) is 5.91 Å². The summed E-state index contributed by atoms with van der Waals surface area (Å²) in [6, 6.07) is 3.64. The maximum absolute atomic E-state index is 13.2. The Morgan fingerprint density at radius 2 is 2.00 bits per heavy atom. The second-order valence-corrected chi connectivity index (χ2v) is 5.97. The summed E-state index contributed by atoms with van der Waals surface area (Å²) in [6.45, 7) is 5.09. The highest BCUT2D eigenvalue weighted by molar-refractivity contribution is 6.01. The Kier molecular flexibility index (Phi) is 3.24. The summed E-state index contributed by atoms with van der Waals surface area (Å²) in [7, 11) is 0. The first-order valence-electron chi connectivity index (χ1n) is 7.06. The third-order valence-corrected chi connectivity index (χ3v) is 4.36. The fourth-order valence-electron chi connectivity index (χ4n) is 3.36. The Balaban J connectivity index is 2.12. The fraction of sp³-hybridized carbons (Fsp3) is 0.533. The standard InChI is InChI=1S/C15H17F3N2O/c1-8(2)11-6-19-7-12-9-4-3-5-10(15(16,17)18)13(9)14(21)20(11)12/h3-5,8,11-12,19H,6-7H2,1-2H3/t11-,12-/m0/s1. The van der Waals surface area contributed by atoms with E-state index in [9.17, 15) is 18.0 Å². The van der Waals surface area contributed by atoms with Crippen molar-refractivity contribution in [2.24, 2.45) is 5.92 Å². The van der Waals surface area contributed by atoms with Gasteiger partial charge < -0.3 is 10.2 Å². The van der Waals surface area contributed by atoms with Crippen molar-refractivity contribution in [1.29, 1.82) is 0 Å². The third-order valence-electron chi connectivity index (χ3n) is 4.36. The van der Waals surface area contributed by atoms with Gasteiger partial charge in [-0.2, -0.15) is 13.2 Å². The van der Waals surface area contributed by atoms with Crippen LogP contribution in [-0.2, 0) is 6.18 Å². The van der Waals surface area contributed by atoms with Crippen LogP contribution in [0.2, 0.25) is 0 Å². The highest BCUT2D eigenvalue weighted by atomic mass is 19.4. The van der Waals surface area contributed by atoms with Gasteiger partial charge in [0, 0.05) is 19.1 Å². The van der Waals surface area contributed by atoms with E-state index >= 15 is 0 Å². The molecule has 0 aliphatic carbocycles. The van der Waals surface area contributed by atoms with Crippen molar-refractivity contribution in [1.82, 2.24) is 10.2 Å². The van der Waals surface area contributed by atoms with E-state index < -0.39 is 17.6 Å². The van der Waals surface area contributed by atoms with Crippen LogP contribution in [0.25, 0.3) is 0 Å². The zero-order valence-corrected chi connectivity index (χ0v) is 11.9. The molecule has 3 nitrogen and oxygen atoms in total. The summed E-state index contributed by atoms with van der Waals surface area (Å²) < 4.78 is 39.5. The Morgan fingerprint density at radius 3 is 2.62 bits per heavy atom. The first-order valence-corrected chi connectivity index (χ1v) is 7.06. The number of carbonyl (C=O) groups is 1. The van der Waals surface area contributed by atoms with Gasteiger partial charge in [-0.05, 0) is 17.5 Å². The number of hydrogen-bond donors (Lipinski definition) is 1. The van der Waals surface area contributed by atoms with E-state index in [0.717, 1.165) is 6.07 Å². The lowest BCUT2D eigenvalue weighted by Gasteiger charge is -2.40. The van der Waals surface area contributed by atoms with Crippen LogP contribution in [0.5, 0.6) is 0 Å². The third kappa shape index (κ3) is 2.12. The number of fused-ring (bicyclic) bond motifs is 3. The predicted octanol–water partition coefficient (Wildman–Crippen LogP) is 2.83. The second-order valence-electron chi connectivity index (χ2n) is 5.97. The lowest BCUT2D eigenvalue weighted by atomic mass is 9.96. The summed E-state index contributed by atoms with van der Waals surface area (Å²) in [5.41, 5.74) is -0.487. The van der Waals surface area contributed by atoms with E-state index in [0.29, 0.717) is 18.7 Å². The molecule has 2 aliphatic rings. The van der Waals surface area contributed by atoms with Gasteiger partial charge in [0.2, 0.25) is 0 Å². The average molecular weight is 298 g/mol. The molecule has 0 unspecified atom stereocenters. The van der Waals surface area contributed by atoms with Crippen molar-refractivity contribution in [3.05, 3.63) is 34.9 Å². The fourth-order valence-corrected chi connectivity index (χ4v) is 3.36. The summed E-state index contributed by atoms with van der Waals surface area (Å²) in [6.07, 6.45) is -4.50. The van der Waals surface area contributed by atoms with E-state index in [1.54, 1.807) is 11.0 Å². The van der Waals surface area contributed by atoms with Crippen LogP contribution in [0.3, 0.4) is 0 Å². The molecule has 1 saturated heterocycles. The van der Waals surface area contributed by atoms with Crippen LogP contribution in [0.1, 0.15) is 41.4 Å². The maximum atomic E-state index is 13.2. The first kappa shape index (κ1) is 14.4. The SMILES string of the molecule is CC(C)[C@@H]1CNC[C@H]2c3cccc(C(F)(F)F)c3C(=O)N21. The molecule has 0 aromatic heterocycles. The highest BCUT2D eigenvalue weighted by Gasteiger charge is 2.48. The van der Waals surface area contributed by atoms with Crippen LogP contribution >= 0.6 is 0 Å². The van der Waals surface area contributed by atoms with Gasteiger partial charge in [-0.1, -0.05) is 26.0 Å². The number of nitrogens with zero attached hydrogens (tertiary/aromatic N) is 1. The highest BCUT2D eigenvalue weighted by Crippen LogP contribution is 2.43. The van der Waals surface area contributed by atoms with Crippen molar-refractivity contribution in [3.8, 4) is 0 Å². The van der Waals surface area contributed by atoms with Crippen molar-refractivity contribution in [3.63, 3.8) is 0 Å². The van der Waals surface area contributed by atoms with Gasteiger partial charge in [-0.15, -0.1) is 0 Å². The van der Waals surface area contributed by atoms with Gasteiger partial charge in [-0.3, -0.25) is 4.79 Å². The van der Waals surface area contributed by atoms with E-state index in [1.165, 1.54) is 6.07 Å². The number of piperazine rings is 1. The molecule has 0 saturated carbocycles. The van der Waals surface area contributed by atoms with E-state index in [4.69, 9.17) is 0 Å². The smallest absolute Gasteiger partial charge is 0.326 e. The number of alkyl halides is 3. The number of halogens is 3. The van der Waals surface area contributed by atoms with E-state index in [-0.39, 0.29) is 23.6 Å². The summed E-state index contributed by atoms with van der Waals surface area (Å²) in [5, 5.41) is 3.23. The van der Waals surface area contributed by atoms with Gasteiger partial charge in [0.05, 0.1) is 17.2 Å². The zero-order chi connectivity index (χ0) is 15.4. The molecule has 3 rings (SSSR count). The minimum absolute atomic E-state index is 0.0790. The van der Waals surface area contributed by atoms with E-state index in [1.807, 2.05) is 13.8 Å². The summed E-state index contributed by atoms with van der Waals surface area (Å²) in [5.74, 6) is -0.295. The Hall–Kier alpha value is -1.56. The number of rotatable bonds is 1. The molecule has 0 bridgehead atoms. The largest absolute Gasteiger partial charge is 0.417 e. The van der Waals surface area contributed by atoms with Crippen molar-refractivity contribution in [2.45, 2.75) is 32.1 Å². The van der Waals surface area contributed by atoms with Crippen LogP contribution in [0, 0.1) is 5.92 Å². The zero-order valence-electron chi connectivity index (χ0n) is 11.9. The predicted molar refractivity (Wildman–Crippen MR) is 71.9 cm³/mol. The Morgan fingerprint density at radius 1 is 1.29 bits per heavy atom. The quantitative estimate of drug-likeness (QED) is 0.864. The molecule has 0 radical (unpaired) electrons. The molecule has 1 aromatic rings. The molecular weight excluding hydrogens is 281 g/mol. The van der Waals surface area contributed by atoms with Crippen LogP contribution < -0.4 is 5.32 Å². The van der Waals surface area contributed by atoms with Crippen LogP contribution in [0.4, 0.5) is 13.2 Å². The van der Waals surface area contributed by atoms with Crippen molar-refractivity contribution in [2.75, 3.05) is 13.1 Å². The van der Waals surface area contributed by atoms with Gasteiger partial charge in [-0.25, -0.2) is 0 Å². The van der Waals surface area contributed by atoms with Crippen molar-refractivity contribution < 1.29 is 18.0 Å². The lowest BCUT2D eigenvalue weighted by Crippen LogP contribution is -2.54. The minimum atomic E-state index is -4.50. The van der Waals surface area contributed by atoms with Gasteiger partial charge >= 0.3 is 6.18 Å². The molecule has 2 heterocycles. The van der Waals surface area contributed by atoms with Gasteiger partial charge in [0.15, 0.2) is 0 Å². The second kappa shape index (κ2) is 4.73. The maximum Gasteiger partial charge on any atom is 0.417 e. The number of hydrogen-bond acceptors (Lipinski definition) is 2. The monoisotopic (exact) mass is 298 g/mol. The number of nitrogens with one attached hydrogen (secondary N) is 1. The Bertz CT molecular complexity index is 583. The van der Waals surface area contributed by atoms with Gasteiger partial charge in [0.1, 0.15) is 0 Å². The molecule has 1 aromatic carbocycles. The van der Waals surface area contributed by atoms with E-state index in [2.05, 4.69) is 5.32 Å². The molecule has 0 spiro atoms. The molecule has 2 atom stereocenters. The minimum Gasteiger partial charge on any atom is -0.326 e. The molecule has 1 N–H and O–H groups in total. The molecule has 2 aliphatic heterocycles. The molecule has 1 fully saturated rings. The number of amides is 1. The topological polar surface area (TPSA) is 32.3 Å². The molecule has 6 heteroatoms. The normalized spacial score (nSPS) is 25.2. The average Bonchev–Trinajstić information content (AvgIpc) is 2.71. The summed E-state index contributed by atoms with van der Waals surface area (Å²) in [4.78, 5) is 14.3. The lowest BCUT2D eigenvalue weighted by molar-refractivity contribution is -0.137.